The Balaban J connectivity index is 1.82. The highest BCUT2D eigenvalue weighted by molar-refractivity contribution is 9.10. The van der Waals surface area contributed by atoms with Crippen LogP contribution in [-0.2, 0) is 4.79 Å². The van der Waals surface area contributed by atoms with Crippen molar-refractivity contribution in [1.29, 1.82) is 0 Å². The van der Waals surface area contributed by atoms with Crippen molar-refractivity contribution in [3.63, 3.8) is 0 Å². The van der Waals surface area contributed by atoms with Crippen LogP contribution in [0.4, 0.5) is 5.13 Å². The number of hydrogen-bond acceptors (Lipinski definition) is 4. The van der Waals surface area contributed by atoms with Gasteiger partial charge in [-0.1, -0.05) is 41.1 Å². The predicted octanol–water partition coefficient (Wildman–Crippen LogP) is 3.63. The van der Waals surface area contributed by atoms with E-state index in [1.807, 2.05) is 18.2 Å². The highest BCUT2D eigenvalue weighted by atomic mass is 79.9. The van der Waals surface area contributed by atoms with E-state index in [0.717, 1.165) is 26.4 Å². The quantitative estimate of drug-likeness (QED) is 0.831. The Bertz CT molecular complexity index is 597. The Morgan fingerprint density at radius 2 is 2.25 bits per heavy atom. The fraction of sp³-hybridized carbons (Fsp3) is 0.429. The molecule has 1 heterocycles. The number of halogens is 1. The first kappa shape index (κ1) is 15.3. The third kappa shape index (κ3) is 4.45. The van der Waals surface area contributed by atoms with Gasteiger partial charge in [0.05, 0.1) is 10.2 Å². The summed E-state index contributed by atoms with van der Waals surface area (Å²) in [5.74, 6) is 0.560. The molecule has 0 atom stereocenters. The average Bonchev–Trinajstić information content (AvgIpc) is 2.78. The lowest BCUT2D eigenvalue weighted by Gasteiger charge is -2.07. The van der Waals surface area contributed by atoms with Gasteiger partial charge in [-0.15, -0.1) is 0 Å². The summed E-state index contributed by atoms with van der Waals surface area (Å²) >= 11 is 5.03. The summed E-state index contributed by atoms with van der Waals surface area (Å²) in [6.07, 6.45) is 0.465. The smallest absolute Gasteiger partial charge is 0.221 e. The molecule has 0 aliphatic carbocycles. The van der Waals surface area contributed by atoms with Crippen molar-refractivity contribution in [3.05, 3.63) is 22.7 Å². The molecule has 0 aliphatic rings. The van der Waals surface area contributed by atoms with E-state index in [0.29, 0.717) is 18.9 Å². The lowest BCUT2D eigenvalue weighted by Crippen LogP contribution is -2.28. The summed E-state index contributed by atoms with van der Waals surface area (Å²) in [6, 6.07) is 6.04. The molecule has 0 radical (unpaired) electrons. The van der Waals surface area contributed by atoms with Crippen LogP contribution in [-0.4, -0.2) is 24.0 Å². The molecule has 0 spiro atoms. The number of rotatable bonds is 6. The van der Waals surface area contributed by atoms with E-state index in [2.05, 4.69) is 45.4 Å². The summed E-state index contributed by atoms with van der Waals surface area (Å²) in [6.45, 7) is 5.49. The molecule has 2 N–H and O–H groups in total. The molecule has 2 aromatic rings. The minimum absolute atomic E-state index is 0.0788. The second kappa shape index (κ2) is 7.04. The Morgan fingerprint density at radius 3 is 3.00 bits per heavy atom. The molecule has 6 heteroatoms. The number of carbonyl (C=O) groups is 1. The summed E-state index contributed by atoms with van der Waals surface area (Å²) in [7, 11) is 0. The number of thiazole rings is 1. The van der Waals surface area contributed by atoms with Crippen LogP contribution in [0.25, 0.3) is 10.2 Å². The van der Waals surface area contributed by atoms with Gasteiger partial charge in [0.25, 0.3) is 0 Å². The highest BCUT2D eigenvalue weighted by Gasteiger charge is 2.05. The van der Waals surface area contributed by atoms with Gasteiger partial charge in [-0.25, -0.2) is 4.98 Å². The zero-order valence-electron chi connectivity index (χ0n) is 11.6. The van der Waals surface area contributed by atoms with Crippen LogP contribution in [0, 0.1) is 5.92 Å². The Labute approximate surface area is 131 Å². The minimum Gasteiger partial charge on any atom is -0.361 e. The third-order valence-electron chi connectivity index (χ3n) is 2.69. The fourth-order valence-electron chi connectivity index (χ4n) is 1.67. The number of nitrogens with zero attached hydrogens (tertiary/aromatic N) is 1. The van der Waals surface area contributed by atoms with E-state index in [1.54, 1.807) is 11.3 Å². The zero-order chi connectivity index (χ0) is 14.5. The maximum absolute atomic E-state index is 11.6. The molecule has 0 unspecified atom stereocenters. The van der Waals surface area contributed by atoms with E-state index in [1.165, 1.54) is 0 Å². The van der Waals surface area contributed by atoms with E-state index < -0.39 is 0 Å². The third-order valence-corrected chi connectivity index (χ3v) is 4.17. The lowest BCUT2D eigenvalue weighted by atomic mass is 10.2. The largest absolute Gasteiger partial charge is 0.361 e. The first-order valence-electron chi connectivity index (χ1n) is 6.61. The second-order valence-corrected chi connectivity index (χ2v) is 6.95. The molecule has 1 amide bonds. The van der Waals surface area contributed by atoms with E-state index in [4.69, 9.17) is 0 Å². The van der Waals surface area contributed by atoms with Crippen LogP contribution in [0.1, 0.15) is 20.3 Å². The van der Waals surface area contributed by atoms with Gasteiger partial charge in [0, 0.05) is 24.0 Å². The number of anilines is 1. The molecule has 2 rings (SSSR count). The van der Waals surface area contributed by atoms with Gasteiger partial charge in [0.1, 0.15) is 0 Å². The van der Waals surface area contributed by atoms with Gasteiger partial charge < -0.3 is 10.6 Å². The minimum atomic E-state index is 0.0788. The number of hydrogen-bond donors (Lipinski definition) is 2. The molecule has 1 aromatic carbocycles. The summed E-state index contributed by atoms with van der Waals surface area (Å²) < 4.78 is 2.16. The molecule has 0 aliphatic heterocycles. The molecule has 20 heavy (non-hydrogen) atoms. The van der Waals surface area contributed by atoms with Crippen molar-refractivity contribution in [2.24, 2.45) is 5.92 Å². The monoisotopic (exact) mass is 355 g/mol. The van der Waals surface area contributed by atoms with Crippen LogP contribution >= 0.6 is 27.3 Å². The van der Waals surface area contributed by atoms with Crippen molar-refractivity contribution < 1.29 is 4.79 Å². The van der Waals surface area contributed by atoms with E-state index in [-0.39, 0.29) is 5.91 Å². The maximum atomic E-state index is 11.6. The number of benzene rings is 1. The SMILES string of the molecule is CC(C)CNC(=O)CCNc1nc2cc(Br)ccc2s1. The topological polar surface area (TPSA) is 54.0 Å². The molecule has 108 valence electrons. The number of carbonyl (C=O) groups excluding carboxylic acids is 1. The summed E-state index contributed by atoms with van der Waals surface area (Å²) in [5.41, 5.74) is 0.969. The lowest BCUT2D eigenvalue weighted by molar-refractivity contribution is -0.120. The number of nitrogens with one attached hydrogen (secondary N) is 2. The average molecular weight is 356 g/mol. The van der Waals surface area contributed by atoms with Crippen molar-refractivity contribution >= 4 is 48.5 Å². The van der Waals surface area contributed by atoms with Crippen LogP contribution in [0.2, 0.25) is 0 Å². The first-order chi connectivity index (χ1) is 9.54. The van der Waals surface area contributed by atoms with Gasteiger partial charge in [0.15, 0.2) is 5.13 Å². The molecule has 1 aromatic heterocycles. The summed E-state index contributed by atoms with van der Waals surface area (Å²) in [4.78, 5) is 16.1. The molecule has 0 saturated carbocycles. The number of aromatic nitrogens is 1. The molecule has 0 fully saturated rings. The molecular weight excluding hydrogens is 338 g/mol. The number of amides is 1. The predicted molar refractivity (Wildman–Crippen MR) is 88.3 cm³/mol. The van der Waals surface area contributed by atoms with Gasteiger partial charge in [-0.3, -0.25) is 4.79 Å². The van der Waals surface area contributed by atoms with Crippen LogP contribution in [0.5, 0.6) is 0 Å². The van der Waals surface area contributed by atoms with Gasteiger partial charge in [-0.05, 0) is 24.1 Å². The van der Waals surface area contributed by atoms with Gasteiger partial charge in [0.2, 0.25) is 5.91 Å². The van der Waals surface area contributed by atoms with Crippen molar-refractivity contribution in [2.45, 2.75) is 20.3 Å². The van der Waals surface area contributed by atoms with Crippen molar-refractivity contribution in [2.75, 3.05) is 18.4 Å². The van der Waals surface area contributed by atoms with Gasteiger partial charge >= 0.3 is 0 Å². The Kier molecular flexibility index (Phi) is 5.37. The molecule has 0 saturated heterocycles. The molecular formula is C14H18BrN3OS. The van der Waals surface area contributed by atoms with Crippen LogP contribution in [0.3, 0.4) is 0 Å². The van der Waals surface area contributed by atoms with E-state index in [9.17, 15) is 4.79 Å². The Morgan fingerprint density at radius 1 is 1.45 bits per heavy atom. The second-order valence-electron chi connectivity index (χ2n) is 5.01. The van der Waals surface area contributed by atoms with Gasteiger partial charge in [-0.2, -0.15) is 0 Å². The maximum Gasteiger partial charge on any atom is 0.221 e. The normalized spacial score (nSPS) is 11.0. The molecule has 0 bridgehead atoms. The van der Waals surface area contributed by atoms with Crippen LogP contribution < -0.4 is 10.6 Å². The van der Waals surface area contributed by atoms with Crippen molar-refractivity contribution in [3.8, 4) is 0 Å². The fourth-order valence-corrected chi connectivity index (χ4v) is 2.89. The van der Waals surface area contributed by atoms with Crippen molar-refractivity contribution in [1.82, 2.24) is 10.3 Å². The first-order valence-corrected chi connectivity index (χ1v) is 8.22. The van der Waals surface area contributed by atoms with Crippen LogP contribution in [0.15, 0.2) is 22.7 Å². The van der Waals surface area contributed by atoms with E-state index >= 15 is 0 Å². The molecule has 4 nitrogen and oxygen atoms in total. The highest BCUT2D eigenvalue weighted by Crippen LogP contribution is 2.27. The number of fused-ring (bicyclic) bond motifs is 1. The zero-order valence-corrected chi connectivity index (χ0v) is 14.0. The summed E-state index contributed by atoms with van der Waals surface area (Å²) in [5, 5.41) is 6.96. The standard InChI is InChI=1S/C14H18BrN3OS/c1-9(2)8-17-13(19)5-6-16-14-18-11-7-10(15)3-4-12(11)20-14/h3-4,7,9H,5-6,8H2,1-2H3,(H,16,18)(H,17,19). The Hall–Kier alpha value is -1.14.